The monoisotopic (exact) mass is 344 g/mol. The molecule has 2 aromatic carbocycles. The van der Waals surface area contributed by atoms with E-state index in [-0.39, 0.29) is 25.2 Å². The highest BCUT2D eigenvalue weighted by Gasteiger charge is 2.44. The Labute approximate surface area is 147 Å². The van der Waals surface area contributed by atoms with Crippen molar-refractivity contribution in [3.05, 3.63) is 71.8 Å². The van der Waals surface area contributed by atoms with Gasteiger partial charge in [-0.25, -0.2) is 4.79 Å². The minimum absolute atomic E-state index is 0.127. The van der Waals surface area contributed by atoms with Gasteiger partial charge < -0.3 is 4.74 Å². The molecule has 0 fully saturated rings. The van der Waals surface area contributed by atoms with Gasteiger partial charge in [-0.2, -0.15) is 0 Å². The smallest absolute Gasteiger partial charge is 0.335 e. The Balaban J connectivity index is 2.15. The molecule has 2 aromatic rings. The van der Waals surface area contributed by atoms with Crippen molar-refractivity contribution in [2.24, 2.45) is 0 Å². The Bertz CT molecular complexity index is 670. The van der Waals surface area contributed by atoms with E-state index in [1.165, 1.54) is 0 Å². The zero-order chi connectivity index (χ0) is 17.4. The van der Waals surface area contributed by atoms with Crippen molar-refractivity contribution in [3.63, 3.8) is 0 Å². The molecule has 1 unspecified atom stereocenters. The molecule has 0 N–H and O–H groups in total. The van der Waals surface area contributed by atoms with Crippen molar-refractivity contribution in [1.29, 1.82) is 0 Å². The van der Waals surface area contributed by atoms with Crippen molar-refractivity contribution in [2.45, 2.75) is 31.1 Å². The number of ketones is 1. The highest BCUT2D eigenvalue weighted by atomic mass is 35.5. The summed E-state index contributed by atoms with van der Waals surface area (Å²) in [6.07, 6.45) is 0.864. The summed E-state index contributed by atoms with van der Waals surface area (Å²) < 4.78 is 5.06. The number of hydrogen-bond donors (Lipinski definition) is 0. The van der Waals surface area contributed by atoms with Gasteiger partial charge in [-0.1, -0.05) is 72.3 Å². The quantitative estimate of drug-likeness (QED) is 0.413. The molecule has 1 atom stereocenters. The molecule has 0 heterocycles. The summed E-state index contributed by atoms with van der Waals surface area (Å²) in [4.78, 5) is 23.4. The van der Waals surface area contributed by atoms with E-state index >= 15 is 0 Å². The first kappa shape index (κ1) is 18.2. The maximum absolute atomic E-state index is 12.7. The summed E-state index contributed by atoms with van der Waals surface area (Å²) in [5.74, 6) is -0.982. The molecule has 0 aromatic heterocycles. The average molecular weight is 345 g/mol. The molecule has 0 aliphatic carbocycles. The molecular weight excluding hydrogens is 324 g/mol. The van der Waals surface area contributed by atoms with Gasteiger partial charge in [0, 0.05) is 12.8 Å². The summed E-state index contributed by atoms with van der Waals surface area (Å²) in [6.45, 7) is 1.89. The third kappa shape index (κ3) is 4.68. The van der Waals surface area contributed by atoms with E-state index in [1.807, 2.05) is 60.7 Å². The number of rotatable bonds is 8. The number of Topliss-reactive ketones (excluding diaryl/α,β-unsaturated/α-hetero) is 1. The second-order valence-electron chi connectivity index (χ2n) is 5.59. The lowest BCUT2D eigenvalue weighted by molar-refractivity contribution is -0.149. The van der Waals surface area contributed by atoms with Gasteiger partial charge in [0.25, 0.3) is 0 Å². The SMILES string of the molecule is CCOC(=O)C(Cl)(Cc1ccccc1)C(=O)CCc1ccccc1. The normalized spacial score (nSPS) is 13.1. The highest BCUT2D eigenvalue weighted by Crippen LogP contribution is 2.27. The molecule has 0 saturated carbocycles. The molecule has 0 amide bonds. The van der Waals surface area contributed by atoms with E-state index in [0.29, 0.717) is 6.42 Å². The van der Waals surface area contributed by atoms with Crippen molar-refractivity contribution < 1.29 is 14.3 Å². The van der Waals surface area contributed by atoms with Crippen LogP contribution >= 0.6 is 11.6 Å². The standard InChI is InChI=1S/C20H21ClO3/c1-2-24-19(23)20(21,15-17-11-7-4-8-12-17)18(22)14-13-16-9-5-3-6-10-16/h3-12H,2,13-15H2,1H3. The third-order valence-electron chi connectivity index (χ3n) is 3.82. The number of halogens is 1. The largest absolute Gasteiger partial charge is 0.464 e. The highest BCUT2D eigenvalue weighted by molar-refractivity contribution is 6.45. The molecule has 0 saturated heterocycles. The predicted molar refractivity (Wildman–Crippen MR) is 95.1 cm³/mol. The summed E-state index contributed by atoms with van der Waals surface area (Å²) in [6, 6.07) is 18.9. The number of carbonyl (C=O) groups excluding carboxylic acids is 2. The summed E-state index contributed by atoms with van der Waals surface area (Å²) in [5.41, 5.74) is 1.86. The van der Waals surface area contributed by atoms with E-state index < -0.39 is 10.8 Å². The van der Waals surface area contributed by atoms with Crippen molar-refractivity contribution in [2.75, 3.05) is 6.61 Å². The fraction of sp³-hybridized carbons (Fsp3) is 0.300. The summed E-state index contributed by atoms with van der Waals surface area (Å²) in [5, 5.41) is 0. The number of ether oxygens (including phenoxy) is 1. The van der Waals surface area contributed by atoms with Crippen LogP contribution in [0.25, 0.3) is 0 Å². The molecule has 0 spiro atoms. The fourth-order valence-electron chi connectivity index (χ4n) is 2.51. The van der Waals surface area contributed by atoms with Crippen LogP contribution in [-0.2, 0) is 27.2 Å². The second-order valence-corrected chi connectivity index (χ2v) is 6.24. The predicted octanol–water partition coefficient (Wildman–Crippen LogP) is 3.97. The minimum atomic E-state index is -1.67. The topological polar surface area (TPSA) is 43.4 Å². The Hall–Kier alpha value is -2.13. The van der Waals surface area contributed by atoms with Gasteiger partial charge in [0.15, 0.2) is 5.78 Å². The first-order valence-electron chi connectivity index (χ1n) is 8.03. The molecule has 0 bridgehead atoms. The zero-order valence-corrected chi connectivity index (χ0v) is 14.5. The van der Waals surface area contributed by atoms with E-state index in [1.54, 1.807) is 6.92 Å². The van der Waals surface area contributed by atoms with Gasteiger partial charge in [-0.05, 0) is 24.5 Å². The summed E-state index contributed by atoms with van der Waals surface area (Å²) >= 11 is 6.50. The lowest BCUT2D eigenvalue weighted by Crippen LogP contribution is -2.44. The average Bonchev–Trinajstić information content (AvgIpc) is 2.61. The van der Waals surface area contributed by atoms with Gasteiger partial charge in [0.2, 0.25) is 4.87 Å². The van der Waals surface area contributed by atoms with Crippen LogP contribution in [0.2, 0.25) is 0 Å². The van der Waals surface area contributed by atoms with Crippen LogP contribution in [0.1, 0.15) is 24.5 Å². The van der Waals surface area contributed by atoms with Crippen LogP contribution < -0.4 is 0 Å². The van der Waals surface area contributed by atoms with Crippen molar-refractivity contribution in [3.8, 4) is 0 Å². The Kier molecular flexibility index (Phi) is 6.56. The van der Waals surface area contributed by atoms with Gasteiger partial charge in [0.05, 0.1) is 6.61 Å². The number of alkyl halides is 1. The number of esters is 1. The minimum Gasteiger partial charge on any atom is -0.464 e. The number of benzene rings is 2. The zero-order valence-electron chi connectivity index (χ0n) is 13.7. The Morgan fingerprint density at radius 1 is 0.958 bits per heavy atom. The molecule has 2 rings (SSSR count). The van der Waals surface area contributed by atoms with Gasteiger partial charge in [0.1, 0.15) is 0 Å². The van der Waals surface area contributed by atoms with Crippen LogP contribution in [0.4, 0.5) is 0 Å². The summed E-state index contributed by atoms with van der Waals surface area (Å²) in [7, 11) is 0. The van der Waals surface area contributed by atoms with Crippen LogP contribution in [0.15, 0.2) is 60.7 Å². The lowest BCUT2D eigenvalue weighted by Gasteiger charge is -2.23. The van der Waals surface area contributed by atoms with E-state index in [2.05, 4.69) is 0 Å². The first-order valence-corrected chi connectivity index (χ1v) is 8.41. The Morgan fingerprint density at radius 2 is 1.50 bits per heavy atom. The number of carbonyl (C=O) groups is 2. The molecule has 0 aliphatic heterocycles. The van der Waals surface area contributed by atoms with E-state index in [4.69, 9.17) is 16.3 Å². The molecule has 3 nitrogen and oxygen atoms in total. The molecule has 0 radical (unpaired) electrons. The third-order valence-corrected chi connectivity index (χ3v) is 4.31. The number of aryl methyl sites for hydroxylation is 1. The van der Waals surface area contributed by atoms with E-state index in [0.717, 1.165) is 11.1 Å². The van der Waals surface area contributed by atoms with Gasteiger partial charge in [-0.15, -0.1) is 0 Å². The maximum Gasteiger partial charge on any atom is 0.335 e. The second kappa shape index (κ2) is 8.65. The molecule has 126 valence electrons. The maximum atomic E-state index is 12.7. The molecular formula is C20H21ClO3. The van der Waals surface area contributed by atoms with Crippen LogP contribution in [0.5, 0.6) is 0 Å². The van der Waals surface area contributed by atoms with Gasteiger partial charge >= 0.3 is 5.97 Å². The molecule has 4 heteroatoms. The molecule has 0 aliphatic rings. The first-order chi connectivity index (χ1) is 11.6. The fourth-order valence-corrected chi connectivity index (χ4v) is 2.81. The van der Waals surface area contributed by atoms with Crippen LogP contribution in [0.3, 0.4) is 0 Å². The lowest BCUT2D eigenvalue weighted by atomic mass is 9.91. The molecule has 24 heavy (non-hydrogen) atoms. The Morgan fingerprint density at radius 3 is 2.04 bits per heavy atom. The van der Waals surface area contributed by atoms with Crippen molar-refractivity contribution >= 4 is 23.4 Å². The van der Waals surface area contributed by atoms with Crippen LogP contribution in [-0.4, -0.2) is 23.2 Å². The van der Waals surface area contributed by atoms with Crippen molar-refractivity contribution in [1.82, 2.24) is 0 Å². The van der Waals surface area contributed by atoms with Crippen LogP contribution in [0, 0.1) is 0 Å². The van der Waals surface area contributed by atoms with Gasteiger partial charge in [-0.3, -0.25) is 4.79 Å². The number of hydrogen-bond acceptors (Lipinski definition) is 3. The van der Waals surface area contributed by atoms with E-state index in [9.17, 15) is 9.59 Å².